The largest absolute Gasteiger partial charge is 0.497 e. The first-order valence-electron chi connectivity index (χ1n) is 8.74. The van der Waals surface area contributed by atoms with E-state index in [1.54, 1.807) is 7.11 Å². The number of aliphatic hydroxyl groups excluding tert-OH is 1. The van der Waals surface area contributed by atoms with Gasteiger partial charge in [0.1, 0.15) is 5.75 Å². The van der Waals surface area contributed by atoms with E-state index in [-0.39, 0.29) is 12.1 Å². The predicted molar refractivity (Wildman–Crippen MR) is 90.2 cm³/mol. The highest BCUT2D eigenvalue weighted by Gasteiger charge is 2.40. The maximum Gasteiger partial charge on any atom is 0.244 e. The molecule has 1 N–H and O–H groups in total. The maximum atomic E-state index is 10.2. The van der Waals surface area contributed by atoms with Gasteiger partial charge in [0.15, 0.2) is 0 Å². The van der Waals surface area contributed by atoms with Crippen molar-refractivity contribution in [1.82, 2.24) is 15.0 Å². The van der Waals surface area contributed by atoms with Crippen LogP contribution in [0.25, 0.3) is 11.4 Å². The summed E-state index contributed by atoms with van der Waals surface area (Å²) in [5, 5.41) is 14.3. The Morgan fingerprint density at radius 2 is 1.96 bits per heavy atom. The quantitative estimate of drug-likeness (QED) is 0.908. The third-order valence-corrected chi connectivity index (χ3v) is 5.05. The van der Waals surface area contributed by atoms with Crippen LogP contribution in [0.5, 0.6) is 5.75 Å². The summed E-state index contributed by atoms with van der Waals surface area (Å²) in [4.78, 5) is 6.90. The third-order valence-electron chi connectivity index (χ3n) is 5.05. The van der Waals surface area contributed by atoms with Crippen molar-refractivity contribution >= 4 is 0 Å². The lowest BCUT2D eigenvalue weighted by atomic mass is 10.1. The zero-order valence-corrected chi connectivity index (χ0v) is 14.3. The summed E-state index contributed by atoms with van der Waals surface area (Å²) in [5.74, 6) is 1.93. The fourth-order valence-corrected chi connectivity index (χ4v) is 3.73. The number of rotatable bonds is 4. The van der Waals surface area contributed by atoms with Gasteiger partial charge >= 0.3 is 0 Å². The average Bonchev–Trinajstić information content (AvgIpc) is 3.29. The molecule has 1 aromatic heterocycles. The van der Waals surface area contributed by atoms with Crippen molar-refractivity contribution in [2.45, 2.75) is 37.5 Å². The summed E-state index contributed by atoms with van der Waals surface area (Å²) in [7, 11) is 1.64. The minimum atomic E-state index is -0.357. The van der Waals surface area contributed by atoms with Crippen molar-refractivity contribution in [3.63, 3.8) is 0 Å². The van der Waals surface area contributed by atoms with Gasteiger partial charge in [0.25, 0.3) is 0 Å². The second-order valence-electron chi connectivity index (χ2n) is 6.63. The van der Waals surface area contributed by atoms with Crippen LogP contribution in [0.15, 0.2) is 28.8 Å². The molecule has 2 atom stereocenters. The Morgan fingerprint density at radius 3 is 2.68 bits per heavy atom. The molecule has 3 heterocycles. The van der Waals surface area contributed by atoms with E-state index in [1.807, 2.05) is 24.3 Å². The van der Waals surface area contributed by atoms with Crippen LogP contribution in [0, 0.1) is 0 Å². The van der Waals surface area contributed by atoms with Gasteiger partial charge in [-0.1, -0.05) is 5.16 Å². The first-order valence-corrected chi connectivity index (χ1v) is 8.74. The summed E-state index contributed by atoms with van der Waals surface area (Å²) in [6.07, 6.45) is 2.22. The first kappa shape index (κ1) is 16.5. The van der Waals surface area contributed by atoms with Crippen molar-refractivity contribution in [1.29, 1.82) is 0 Å². The smallest absolute Gasteiger partial charge is 0.244 e. The van der Waals surface area contributed by atoms with E-state index in [0.717, 1.165) is 37.4 Å². The number of nitrogens with zero attached hydrogens (tertiary/aromatic N) is 3. The lowest BCUT2D eigenvalue weighted by Crippen LogP contribution is -2.39. The van der Waals surface area contributed by atoms with Gasteiger partial charge in [-0.3, -0.25) is 4.90 Å². The summed E-state index contributed by atoms with van der Waals surface area (Å²) in [5.41, 5.74) is 0.881. The molecule has 7 nitrogen and oxygen atoms in total. The second kappa shape index (κ2) is 7.11. The first-order chi connectivity index (χ1) is 12.2. The van der Waals surface area contributed by atoms with E-state index in [1.165, 1.54) is 0 Å². The number of likely N-dealkylation sites (tertiary alicyclic amines) is 1. The summed E-state index contributed by atoms with van der Waals surface area (Å²) in [6.45, 7) is 2.19. The topological polar surface area (TPSA) is 80.9 Å². The summed E-state index contributed by atoms with van der Waals surface area (Å²) < 4.78 is 16.2. The Bertz CT molecular complexity index is 697. The molecule has 4 rings (SSSR count). The molecule has 2 aliphatic heterocycles. The molecular weight excluding hydrogens is 322 g/mol. The molecule has 0 spiro atoms. The molecule has 0 aliphatic carbocycles. The highest BCUT2D eigenvalue weighted by atomic mass is 16.5. The number of aliphatic hydroxyl groups is 1. The number of aromatic nitrogens is 2. The number of benzene rings is 1. The molecule has 134 valence electrons. The molecule has 7 heteroatoms. The molecule has 1 aromatic carbocycles. The van der Waals surface area contributed by atoms with Gasteiger partial charge in [0, 0.05) is 31.4 Å². The average molecular weight is 345 g/mol. The van der Waals surface area contributed by atoms with Gasteiger partial charge in [0.05, 0.1) is 19.3 Å². The molecule has 0 saturated carbocycles. The lowest BCUT2D eigenvalue weighted by molar-refractivity contribution is 0.0215. The Hall–Kier alpha value is -1.96. The monoisotopic (exact) mass is 345 g/mol. The van der Waals surface area contributed by atoms with E-state index >= 15 is 0 Å². The standard InChI is InChI=1S/C18H23N3O4/c1-23-15-4-2-12(3-5-15)17-19-18(25-20-17)16-10-14(22)11-21(16)13-6-8-24-9-7-13/h2-5,13-14,16,22H,6-11H2,1H3/t14-,16+/m1/s1. The lowest BCUT2D eigenvalue weighted by Gasteiger charge is -2.33. The second-order valence-corrected chi connectivity index (χ2v) is 6.63. The van der Waals surface area contributed by atoms with Gasteiger partial charge in [-0.25, -0.2) is 0 Å². The molecule has 2 aliphatic rings. The van der Waals surface area contributed by atoms with Crippen molar-refractivity contribution in [3.05, 3.63) is 30.2 Å². The predicted octanol–water partition coefficient (Wildman–Crippen LogP) is 2.03. The summed E-state index contributed by atoms with van der Waals surface area (Å²) >= 11 is 0. The molecular formula is C18H23N3O4. The molecule has 2 saturated heterocycles. The van der Waals surface area contributed by atoms with Crippen LogP contribution in [0.3, 0.4) is 0 Å². The van der Waals surface area contributed by atoms with E-state index in [0.29, 0.717) is 30.7 Å². The van der Waals surface area contributed by atoms with Gasteiger partial charge in [0.2, 0.25) is 11.7 Å². The molecule has 0 unspecified atom stereocenters. The molecule has 2 aromatic rings. The van der Waals surface area contributed by atoms with Crippen LogP contribution >= 0.6 is 0 Å². The SMILES string of the molecule is COc1ccc(-c2noc([C@@H]3C[C@@H](O)CN3C3CCOCC3)n2)cc1. The molecule has 0 radical (unpaired) electrons. The van der Waals surface area contributed by atoms with Crippen LogP contribution in [-0.2, 0) is 4.74 Å². The molecule has 0 bridgehead atoms. The minimum absolute atomic E-state index is 0.0300. The van der Waals surface area contributed by atoms with Crippen molar-refractivity contribution in [2.24, 2.45) is 0 Å². The fourth-order valence-electron chi connectivity index (χ4n) is 3.73. The zero-order chi connectivity index (χ0) is 17.2. The Morgan fingerprint density at radius 1 is 1.20 bits per heavy atom. The fraction of sp³-hybridized carbons (Fsp3) is 0.556. The maximum absolute atomic E-state index is 10.2. The number of ether oxygens (including phenoxy) is 2. The van der Waals surface area contributed by atoms with Gasteiger partial charge in [-0.15, -0.1) is 0 Å². The van der Waals surface area contributed by atoms with Crippen molar-refractivity contribution < 1.29 is 19.1 Å². The van der Waals surface area contributed by atoms with Crippen LogP contribution < -0.4 is 4.74 Å². The van der Waals surface area contributed by atoms with Gasteiger partial charge < -0.3 is 19.1 Å². The van der Waals surface area contributed by atoms with Crippen LogP contribution in [0.1, 0.15) is 31.2 Å². The normalized spacial score (nSPS) is 25.4. The Kier molecular flexibility index (Phi) is 4.70. The number of hydrogen-bond donors (Lipinski definition) is 1. The Balaban J connectivity index is 1.54. The minimum Gasteiger partial charge on any atom is -0.497 e. The molecule has 0 amide bonds. The zero-order valence-electron chi connectivity index (χ0n) is 14.3. The van der Waals surface area contributed by atoms with E-state index in [9.17, 15) is 5.11 Å². The third kappa shape index (κ3) is 3.40. The highest BCUT2D eigenvalue weighted by molar-refractivity contribution is 5.55. The number of β-amino-alcohol motifs (C(OH)–C–C–N with tert-alkyl or cyclic N) is 1. The van der Waals surface area contributed by atoms with Crippen molar-refractivity contribution in [2.75, 3.05) is 26.9 Å². The van der Waals surface area contributed by atoms with E-state index < -0.39 is 0 Å². The van der Waals surface area contributed by atoms with Crippen LogP contribution in [-0.4, -0.2) is 59.2 Å². The molecule has 2 fully saturated rings. The van der Waals surface area contributed by atoms with Gasteiger partial charge in [-0.2, -0.15) is 4.98 Å². The number of methoxy groups -OCH3 is 1. The van der Waals surface area contributed by atoms with E-state index in [4.69, 9.17) is 14.0 Å². The van der Waals surface area contributed by atoms with Gasteiger partial charge in [-0.05, 0) is 43.5 Å². The number of hydrogen-bond acceptors (Lipinski definition) is 7. The summed E-state index contributed by atoms with van der Waals surface area (Å²) in [6, 6.07) is 7.93. The van der Waals surface area contributed by atoms with E-state index in [2.05, 4.69) is 15.0 Å². The van der Waals surface area contributed by atoms with Crippen molar-refractivity contribution in [3.8, 4) is 17.1 Å². The molecule has 25 heavy (non-hydrogen) atoms. The van der Waals surface area contributed by atoms with Crippen LogP contribution in [0.4, 0.5) is 0 Å². The highest BCUT2D eigenvalue weighted by Crippen LogP contribution is 2.36. The Labute approximate surface area is 146 Å². The van der Waals surface area contributed by atoms with Crippen LogP contribution in [0.2, 0.25) is 0 Å².